The molecule has 0 aromatic heterocycles. The predicted molar refractivity (Wildman–Crippen MR) is 73.0 cm³/mol. The van der Waals surface area contributed by atoms with Crippen LogP contribution in [0.15, 0.2) is 24.3 Å². The molecule has 100 valence electrons. The number of nitrogens with one attached hydrogen (secondary N) is 1. The van der Waals surface area contributed by atoms with E-state index in [9.17, 15) is 9.90 Å². The zero-order valence-corrected chi connectivity index (χ0v) is 11.4. The summed E-state index contributed by atoms with van der Waals surface area (Å²) in [5.74, 6) is -0.873. The summed E-state index contributed by atoms with van der Waals surface area (Å²) in [7, 11) is 3.99. The highest BCUT2D eigenvalue weighted by molar-refractivity contribution is 6.30. The number of benzene rings is 1. The molecule has 4 nitrogen and oxygen atoms in total. The van der Waals surface area contributed by atoms with Gasteiger partial charge in [-0.15, -0.1) is 0 Å². The average molecular weight is 271 g/mol. The molecule has 0 aliphatic heterocycles. The Morgan fingerprint density at radius 2 is 2.00 bits per heavy atom. The van der Waals surface area contributed by atoms with Crippen LogP contribution in [0.2, 0.25) is 5.02 Å². The summed E-state index contributed by atoms with van der Waals surface area (Å²) >= 11 is 5.78. The number of carboxylic acids is 1. The maximum Gasteiger partial charge on any atom is 0.325 e. The Labute approximate surface area is 113 Å². The third kappa shape index (κ3) is 5.04. The Bertz CT molecular complexity index is 379. The first-order valence-corrected chi connectivity index (χ1v) is 6.25. The average Bonchev–Trinajstić information content (AvgIpc) is 2.30. The molecule has 0 saturated carbocycles. The SMILES string of the molecule is CN(C)CCCNC(C(=O)O)c1ccc(Cl)cc1. The minimum Gasteiger partial charge on any atom is -0.480 e. The van der Waals surface area contributed by atoms with Crippen molar-refractivity contribution in [3.63, 3.8) is 0 Å². The molecule has 1 aromatic rings. The number of aliphatic carboxylic acids is 1. The van der Waals surface area contributed by atoms with Crippen molar-refractivity contribution >= 4 is 17.6 Å². The van der Waals surface area contributed by atoms with Gasteiger partial charge in [0, 0.05) is 5.02 Å². The van der Waals surface area contributed by atoms with Crippen molar-refractivity contribution in [2.75, 3.05) is 27.2 Å². The van der Waals surface area contributed by atoms with E-state index in [1.807, 2.05) is 14.1 Å². The van der Waals surface area contributed by atoms with Crippen molar-refractivity contribution in [1.82, 2.24) is 10.2 Å². The minimum atomic E-state index is -0.873. The Balaban J connectivity index is 2.55. The topological polar surface area (TPSA) is 52.6 Å². The molecule has 0 radical (unpaired) electrons. The second kappa shape index (κ2) is 7.36. The van der Waals surface area contributed by atoms with Gasteiger partial charge in [-0.2, -0.15) is 0 Å². The van der Waals surface area contributed by atoms with Crippen molar-refractivity contribution in [1.29, 1.82) is 0 Å². The fourth-order valence-corrected chi connectivity index (χ4v) is 1.77. The maximum atomic E-state index is 11.2. The second-order valence-electron chi connectivity index (χ2n) is 4.43. The largest absolute Gasteiger partial charge is 0.480 e. The van der Waals surface area contributed by atoms with Gasteiger partial charge in [0.1, 0.15) is 6.04 Å². The lowest BCUT2D eigenvalue weighted by Crippen LogP contribution is -2.30. The summed E-state index contributed by atoms with van der Waals surface area (Å²) in [6, 6.07) is 6.20. The van der Waals surface area contributed by atoms with Gasteiger partial charge in [-0.1, -0.05) is 23.7 Å². The molecule has 1 atom stereocenters. The van der Waals surface area contributed by atoms with E-state index in [0.29, 0.717) is 11.6 Å². The lowest BCUT2D eigenvalue weighted by molar-refractivity contribution is -0.139. The molecule has 0 bridgehead atoms. The standard InChI is InChI=1S/C13H19ClN2O2/c1-16(2)9-3-8-15-12(13(17)18)10-4-6-11(14)7-5-10/h4-7,12,15H,3,8-9H2,1-2H3,(H,17,18). The lowest BCUT2D eigenvalue weighted by atomic mass is 10.1. The molecule has 18 heavy (non-hydrogen) atoms. The van der Waals surface area contributed by atoms with Crippen molar-refractivity contribution in [2.45, 2.75) is 12.5 Å². The molecule has 0 aliphatic carbocycles. The summed E-state index contributed by atoms with van der Waals surface area (Å²) < 4.78 is 0. The number of halogens is 1. The molecule has 0 amide bonds. The van der Waals surface area contributed by atoms with E-state index in [0.717, 1.165) is 18.5 Å². The lowest BCUT2D eigenvalue weighted by Gasteiger charge is -2.16. The highest BCUT2D eigenvalue weighted by Gasteiger charge is 2.18. The molecule has 0 saturated heterocycles. The first-order valence-electron chi connectivity index (χ1n) is 5.87. The molecule has 5 heteroatoms. The summed E-state index contributed by atoms with van der Waals surface area (Å²) in [5.41, 5.74) is 0.719. The minimum absolute atomic E-state index is 0.607. The third-order valence-corrected chi connectivity index (χ3v) is 2.83. The van der Waals surface area contributed by atoms with Crippen LogP contribution < -0.4 is 5.32 Å². The van der Waals surface area contributed by atoms with Gasteiger partial charge in [0.15, 0.2) is 0 Å². The van der Waals surface area contributed by atoms with E-state index in [1.165, 1.54) is 0 Å². The number of carbonyl (C=O) groups is 1. The quantitative estimate of drug-likeness (QED) is 0.744. The van der Waals surface area contributed by atoms with Crippen LogP contribution in [0.4, 0.5) is 0 Å². The molecule has 1 aromatic carbocycles. The number of carboxylic acid groups (broad SMARTS) is 1. The van der Waals surface area contributed by atoms with E-state index in [-0.39, 0.29) is 0 Å². The summed E-state index contributed by atoms with van der Waals surface area (Å²) in [4.78, 5) is 13.3. The van der Waals surface area contributed by atoms with E-state index < -0.39 is 12.0 Å². The smallest absolute Gasteiger partial charge is 0.325 e. The highest BCUT2D eigenvalue weighted by atomic mass is 35.5. The van der Waals surface area contributed by atoms with Crippen LogP contribution in [-0.2, 0) is 4.79 Å². The van der Waals surface area contributed by atoms with Crippen LogP contribution in [0.3, 0.4) is 0 Å². The van der Waals surface area contributed by atoms with Gasteiger partial charge in [-0.25, -0.2) is 0 Å². The van der Waals surface area contributed by atoms with Gasteiger partial charge in [0.25, 0.3) is 0 Å². The number of nitrogens with zero attached hydrogens (tertiary/aromatic N) is 1. The monoisotopic (exact) mass is 270 g/mol. The van der Waals surface area contributed by atoms with Crippen LogP contribution in [0.1, 0.15) is 18.0 Å². The zero-order valence-electron chi connectivity index (χ0n) is 10.7. The third-order valence-electron chi connectivity index (χ3n) is 2.58. The molecule has 0 heterocycles. The van der Waals surface area contributed by atoms with Crippen molar-refractivity contribution in [3.8, 4) is 0 Å². The van der Waals surface area contributed by atoms with Crippen LogP contribution in [-0.4, -0.2) is 43.2 Å². The Kier molecular flexibility index (Phi) is 6.12. The molecular formula is C13H19ClN2O2. The van der Waals surface area contributed by atoms with Crippen LogP contribution in [0.5, 0.6) is 0 Å². The normalized spacial score (nSPS) is 12.7. The first kappa shape index (κ1) is 15.0. The second-order valence-corrected chi connectivity index (χ2v) is 4.87. The van der Waals surface area contributed by atoms with Crippen molar-refractivity contribution < 1.29 is 9.90 Å². The predicted octanol–water partition coefficient (Wildman–Crippen LogP) is 2.01. The van der Waals surface area contributed by atoms with Crippen molar-refractivity contribution in [2.24, 2.45) is 0 Å². The Morgan fingerprint density at radius 1 is 1.39 bits per heavy atom. The molecule has 1 rings (SSSR count). The molecule has 0 spiro atoms. The summed E-state index contributed by atoms with van der Waals surface area (Å²) in [6.07, 6.45) is 0.907. The van der Waals surface area contributed by atoms with Gasteiger partial charge in [0.2, 0.25) is 0 Å². The molecule has 2 N–H and O–H groups in total. The summed E-state index contributed by atoms with van der Waals surface area (Å²) in [5, 5.41) is 12.8. The maximum absolute atomic E-state index is 11.2. The fourth-order valence-electron chi connectivity index (χ4n) is 1.64. The van der Waals surface area contributed by atoms with Crippen LogP contribution in [0, 0.1) is 0 Å². The first-order chi connectivity index (χ1) is 8.50. The Hall–Kier alpha value is -1.10. The highest BCUT2D eigenvalue weighted by Crippen LogP contribution is 2.16. The fraction of sp³-hybridized carbons (Fsp3) is 0.462. The number of hydrogen-bond acceptors (Lipinski definition) is 3. The van der Waals surface area contributed by atoms with Gasteiger partial charge in [-0.3, -0.25) is 4.79 Å². The van der Waals surface area contributed by atoms with Gasteiger partial charge in [-0.05, 0) is 51.3 Å². The number of hydrogen-bond donors (Lipinski definition) is 2. The van der Waals surface area contributed by atoms with Gasteiger partial charge >= 0.3 is 5.97 Å². The number of rotatable bonds is 7. The Morgan fingerprint density at radius 3 is 2.50 bits per heavy atom. The zero-order chi connectivity index (χ0) is 13.5. The van der Waals surface area contributed by atoms with E-state index in [4.69, 9.17) is 11.6 Å². The van der Waals surface area contributed by atoms with Gasteiger partial charge in [0.05, 0.1) is 0 Å². The molecule has 0 fully saturated rings. The van der Waals surface area contributed by atoms with E-state index >= 15 is 0 Å². The molecule has 1 unspecified atom stereocenters. The molecule has 0 aliphatic rings. The van der Waals surface area contributed by atoms with Gasteiger partial charge < -0.3 is 15.3 Å². The molecular weight excluding hydrogens is 252 g/mol. The van der Waals surface area contributed by atoms with Crippen LogP contribution >= 0.6 is 11.6 Å². The van der Waals surface area contributed by atoms with Crippen molar-refractivity contribution in [3.05, 3.63) is 34.9 Å². The van der Waals surface area contributed by atoms with E-state index in [1.54, 1.807) is 24.3 Å². The summed E-state index contributed by atoms with van der Waals surface area (Å²) in [6.45, 7) is 1.59. The van der Waals surface area contributed by atoms with Crippen LogP contribution in [0.25, 0.3) is 0 Å². The van der Waals surface area contributed by atoms with E-state index in [2.05, 4.69) is 10.2 Å².